The Labute approximate surface area is 111 Å². The second kappa shape index (κ2) is 4.57. The molecular formula is C14H17NO4. The molecule has 0 aromatic heterocycles. The molecule has 1 saturated carbocycles. The Morgan fingerprint density at radius 2 is 1.89 bits per heavy atom. The molecule has 1 unspecified atom stereocenters. The van der Waals surface area contributed by atoms with E-state index in [1.165, 1.54) is 0 Å². The van der Waals surface area contributed by atoms with Crippen LogP contribution in [0.25, 0.3) is 0 Å². The quantitative estimate of drug-likeness (QED) is 0.872. The predicted octanol–water partition coefficient (Wildman–Crippen LogP) is 2.17. The summed E-state index contributed by atoms with van der Waals surface area (Å²) in [5.41, 5.74) is -0.775. The van der Waals surface area contributed by atoms with Crippen LogP contribution in [0.15, 0.2) is 30.3 Å². The van der Waals surface area contributed by atoms with E-state index in [1.807, 2.05) is 30.3 Å². The van der Waals surface area contributed by atoms with E-state index in [9.17, 15) is 14.7 Å². The van der Waals surface area contributed by atoms with Gasteiger partial charge >= 0.3 is 12.1 Å². The average molecular weight is 263 g/mol. The molecule has 0 saturated heterocycles. The normalized spacial score (nSPS) is 23.5. The van der Waals surface area contributed by atoms with Crippen LogP contribution in [0.4, 0.5) is 4.79 Å². The Kier molecular flexibility index (Phi) is 3.22. The molecule has 0 radical (unpaired) electrons. The summed E-state index contributed by atoms with van der Waals surface area (Å²) in [6, 6.07) is 9.23. The molecule has 19 heavy (non-hydrogen) atoms. The van der Waals surface area contributed by atoms with E-state index in [-0.39, 0.29) is 6.61 Å². The molecule has 0 spiro atoms. The van der Waals surface area contributed by atoms with Crippen LogP contribution >= 0.6 is 0 Å². The van der Waals surface area contributed by atoms with Gasteiger partial charge in [0.1, 0.15) is 12.1 Å². The number of hydrogen-bond donors (Lipinski definition) is 2. The van der Waals surface area contributed by atoms with Gasteiger partial charge in [-0.15, -0.1) is 0 Å². The van der Waals surface area contributed by atoms with Crippen molar-refractivity contribution in [2.24, 2.45) is 5.41 Å². The number of carbonyl (C=O) groups excluding carboxylic acids is 1. The lowest BCUT2D eigenvalue weighted by atomic mass is 10.1. The zero-order chi connectivity index (χ0) is 14.1. The number of nitrogens with one attached hydrogen (secondary N) is 1. The van der Waals surface area contributed by atoms with Crippen molar-refractivity contribution in [3.8, 4) is 0 Å². The Morgan fingerprint density at radius 3 is 2.37 bits per heavy atom. The average Bonchev–Trinajstić information content (AvgIpc) is 2.91. The van der Waals surface area contributed by atoms with Crippen molar-refractivity contribution in [3.63, 3.8) is 0 Å². The number of aliphatic carboxylic acids is 1. The summed E-state index contributed by atoms with van der Waals surface area (Å²) in [5, 5.41) is 11.7. The van der Waals surface area contributed by atoms with Gasteiger partial charge in [-0.05, 0) is 12.0 Å². The van der Waals surface area contributed by atoms with Gasteiger partial charge in [0.05, 0.1) is 0 Å². The van der Waals surface area contributed by atoms with Crippen LogP contribution in [0.3, 0.4) is 0 Å². The minimum absolute atomic E-state index is 0.128. The Bertz CT molecular complexity index is 497. The van der Waals surface area contributed by atoms with Crippen molar-refractivity contribution < 1.29 is 19.4 Å². The van der Waals surface area contributed by atoms with Crippen molar-refractivity contribution >= 4 is 12.1 Å². The van der Waals surface area contributed by atoms with Crippen molar-refractivity contribution in [2.45, 2.75) is 32.4 Å². The molecule has 1 aliphatic rings. The molecule has 2 rings (SSSR count). The summed E-state index contributed by atoms with van der Waals surface area (Å²) >= 11 is 0. The molecule has 1 atom stereocenters. The monoisotopic (exact) mass is 263 g/mol. The molecule has 1 aromatic rings. The van der Waals surface area contributed by atoms with Gasteiger partial charge in [-0.2, -0.15) is 0 Å². The van der Waals surface area contributed by atoms with Crippen molar-refractivity contribution in [3.05, 3.63) is 35.9 Å². The van der Waals surface area contributed by atoms with E-state index in [4.69, 9.17) is 4.74 Å². The number of carbonyl (C=O) groups is 2. The number of carboxylic acids is 1. The topological polar surface area (TPSA) is 75.6 Å². The lowest BCUT2D eigenvalue weighted by Crippen LogP contribution is -2.46. The lowest BCUT2D eigenvalue weighted by molar-refractivity contribution is -0.141. The Morgan fingerprint density at radius 1 is 1.32 bits per heavy atom. The van der Waals surface area contributed by atoms with Crippen LogP contribution in [0, 0.1) is 5.41 Å². The third kappa shape index (κ3) is 2.54. The second-order valence-corrected chi connectivity index (χ2v) is 5.46. The number of ether oxygens (including phenoxy) is 1. The summed E-state index contributed by atoms with van der Waals surface area (Å²) < 4.78 is 5.03. The van der Waals surface area contributed by atoms with E-state index >= 15 is 0 Å². The van der Waals surface area contributed by atoms with E-state index in [0.29, 0.717) is 6.42 Å². The molecule has 0 heterocycles. The fourth-order valence-corrected chi connectivity index (χ4v) is 2.18. The molecule has 1 amide bonds. The first kappa shape index (κ1) is 13.4. The number of hydrogen-bond acceptors (Lipinski definition) is 3. The minimum atomic E-state index is -1.19. The molecule has 5 heteroatoms. The molecule has 1 fully saturated rings. The maximum Gasteiger partial charge on any atom is 0.408 e. The molecule has 0 bridgehead atoms. The van der Waals surface area contributed by atoms with Crippen LogP contribution in [0.2, 0.25) is 0 Å². The third-order valence-corrected chi connectivity index (χ3v) is 3.63. The van der Waals surface area contributed by atoms with Crippen LogP contribution in [-0.2, 0) is 16.1 Å². The Hall–Kier alpha value is -2.04. The van der Waals surface area contributed by atoms with Crippen LogP contribution < -0.4 is 5.32 Å². The molecule has 0 aliphatic heterocycles. The van der Waals surface area contributed by atoms with Gasteiger partial charge in [-0.1, -0.05) is 44.2 Å². The van der Waals surface area contributed by atoms with Crippen molar-refractivity contribution in [1.82, 2.24) is 5.32 Å². The molecular weight excluding hydrogens is 246 g/mol. The fourth-order valence-electron chi connectivity index (χ4n) is 2.18. The van der Waals surface area contributed by atoms with Crippen LogP contribution in [-0.4, -0.2) is 22.7 Å². The first-order valence-electron chi connectivity index (χ1n) is 6.10. The third-order valence-electron chi connectivity index (χ3n) is 3.63. The lowest BCUT2D eigenvalue weighted by Gasteiger charge is -2.17. The highest BCUT2D eigenvalue weighted by atomic mass is 16.5. The van der Waals surface area contributed by atoms with Crippen molar-refractivity contribution in [2.75, 3.05) is 0 Å². The zero-order valence-corrected chi connectivity index (χ0v) is 11.0. The smallest absolute Gasteiger partial charge is 0.408 e. The maximum atomic E-state index is 11.7. The number of alkyl carbamates (subject to hydrolysis) is 1. The minimum Gasteiger partial charge on any atom is -0.479 e. The number of rotatable bonds is 4. The second-order valence-electron chi connectivity index (χ2n) is 5.46. The van der Waals surface area contributed by atoms with Crippen LogP contribution in [0.5, 0.6) is 0 Å². The highest BCUT2D eigenvalue weighted by Gasteiger charge is 2.68. The van der Waals surface area contributed by atoms with Crippen LogP contribution in [0.1, 0.15) is 25.8 Å². The van der Waals surface area contributed by atoms with E-state index in [2.05, 4.69) is 5.32 Å². The molecule has 5 nitrogen and oxygen atoms in total. The van der Waals surface area contributed by atoms with Gasteiger partial charge < -0.3 is 15.2 Å². The van der Waals surface area contributed by atoms with E-state index in [1.54, 1.807) is 13.8 Å². The summed E-state index contributed by atoms with van der Waals surface area (Å²) in [7, 11) is 0. The standard InChI is InChI=1S/C14H17NO4/c1-13(2)9-14(13,11(16)17)15-12(18)19-8-10-6-4-3-5-7-10/h3-7H,8-9H2,1-2H3,(H,15,18)(H,16,17). The predicted molar refractivity (Wildman–Crippen MR) is 68.5 cm³/mol. The zero-order valence-electron chi connectivity index (χ0n) is 11.0. The Balaban J connectivity index is 1.90. The fraction of sp³-hybridized carbons (Fsp3) is 0.429. The summed E-state index contributed by atoms with van der Waals surface area (Å²) in [6.45, 7) is 3.74. The van der Waals surface area contributed by atoms with E-state index < -0.39 is 23.0 Å². The highest BCUT2D eigenvalue weighted by molar-refractivity contribution is 5.89. The molecule has 1 aromatic carbocycles. The number of benzene rings is 1. The highest BCUT2D eigenvalue weighted by Crippen LogP contribution is 2.55. The maximum absolute atomic E-state index is 11.7. The molecule has 1 aliphatic carbocycles. The van der Waals surface area contributed by atoms with Gasteiger partial charge in [0.2, 0.25) is 0 Å². The first-order chi connectivity index (χ1) is 8.87. The van der Waals surface area contributed by atoms with Gasteiger partial charge in [0.25, 0.3) is 0 Å². The number of amides is 1. The van der Waals surface area contributed by atoms with Gasteiger partial charge in [-0.3, -0.25) is 0 Å². The van der Waals surface area contributed by atoms with Gasteiger partial charge in [0.15, 0.2) is 0 Å². The first-order valence-corrected chi connectivity index (χ1v) is 6.10. The number of carboxylic acid groups (broad SMARTS) is 1. The summed E-state index contributed by atoms with van der Waals surface area (Å²) in [5.74, 6) is -1.02. The van der Waals surface area contributed by atoms with Gasteiger partial charge in [0, 0.05) is 5.41 Å². The van der Waals surface area contributed by atoms with Crippen molar-refractivity contribution in [1.29, 1.82) is 0 Å². The summed E-state index contributed by atoms with van der Waals surface area (Å²) in [4.78, 5) is 22.9. The molecule has 2 N–H and O–H groups in total. The SMILES string of the molecule is CC1(C)CC1(NC(=O)OCc1ccccc1)C(=O)O. The van der Waals surface area contributed by atoms with Gasteiger partial charge in [-0.25, -0.2) is 9.59 Å². The summed E-state index contributed by atoms with van der Waals surface area (Å²) in [6.07, 6.45) is -0.285. The molecule has 102 valence electrons. The largest absolute Gasteiger partial charge is 0.479 e. The van der Waals surface area contributed by atoms with E-state index in [0.717, 1.165) is 5.56 Å².